The third-order valence-corrected chi connectivity index (χ3v) is 3.71. The number of thioether (sulfide) groups is 1. The minimum Gasteiger partial charge on any atom is -0.294 e. The Hall–Kier alpha value is -1.04. The van der Waals surface area contributed by atoms with Crippen LogP contribution in [0.25, 0.3) is 0 Å². The monoisotopic (exact) mass is 224 g/mol. The van der Waals surface area contributed by atoms with E-state index in [1.54, 1.807) is 11.8 Å². The molecular weight excluding hydrogens is 212 g/mol. The fraction of sp³-hybridized carbons (Fsp3) is 0.667. The summed E-state index contributed by atoms with van der Waals surface area (Å²) in [6.45, 7) is 0.912. The van der Waals surface area contributed by atoms with E-state index in [4.69, 9.17) is 0 Å². The molecule has 0 atom stereocenters. The highest BCUT2D eigenvalue weighted by Gasteiger charge is 2.31. The van der Waals surface area contributed by atoms with Gasteiger partial charge in [0.2, 0.25) is 11.9 Å². The first-order chi connectivity index (χ1) is 7.34. The minimum atomic E-state index is 0.0979. The van der Waals surface area contributed by atoms with Crippen LogP contribution in [0, 0.1) is 5.92 Å². The molecule has 1 aliphatic carbocycles. The number of carbonyl (C=O) groups is 1. The minimum absolute atomic E-state index is 0.0979. The summed E-state index contributed by atoms with van der Waals surface area (Å²) in [7, 11) is 0. The van der Waals surface area contributed by atoms with Gasteiger partial charge >= 0.3 is 0 Å². The molecule has 1 N–H and O–H groups in total. The van der Waals surface area contributed by atoms with Gasteiger partial charge in [0.25, 0.3) is 0 Å². The second-order valence-corrected chi connectivity index (χ2v) is 4.99. The van der Waals surface area contributed by atoms with Gasteiger partial charge in [-0.25, -0.2) is 0 Å². The highest BCUT2D eigenvalue weighted by Crippen LogP contribution is 2.31. The molecule has 3 rings (SSSR count). The van der Waals surface area contributed by atoms with Crippen LogP contribution in [0.5, 0.6) is 0 Å². The lowest BCUT2D eigenvalue weighted by molar-refractivity contribution is -0.117. The molecule has 0 spiro atoms. The average Bonchev–Trinajstić information content (AvgIpc) is 3.03. The van der Waals surface area contributed by atoms with E-state index in [0.29, 0.717) is 5.95 Å². The zero-order valence-electron chi connectivity index (χ0n) is 8.27. The van der Waals surface area contributed by atoms with Gasteiger partial charge in [-0.3, -0.25) is 14.7 Å². The molecule has 0 bridgehead atoms. The smallest absolute Gasteiger partial charge is 0.231 e. The number of nitrogens with one attached hydrogen (secondary N) is 1. The second-order valence-electron chi connectivity index (χ2n) is 3.92. The number of aromatic nitrogens is 3. The number of amides is 1. The van der Waals surface area contributed by atoms with E-state index in [0.717, 1.165) is 36.7 Å². The van der Waals surface area contributed by atoms with Gasteiger partial charge in [0.1, 0.15) is 0 Å². The summed E-state index contributed by atoms with van der Waals surface area (Å²) in [6.07, 6.45) is 3.14. The third-order valence-electron chi connectivity index (χ3n) is 2.66. The Labute approximate surface area is 91.6 Å². The Morgan fingerprint density at radius 1 is 1.47 bits per heavy atom. The van der Waals surface area contributed by atoms with Crippen LogP contribution in [0.3, 0.4) is 0 Å². The third kappa shape index (κ3) is 1.73. The van der Waals surface area contributed by atoms with Crippen LogP contribution in [0.4, 0.5) is 5.95 Å². The number of nitrogens with zero attached hydrogens (tertiary/aromatic N) is 3. The number of hydrogen-bond acceptors (Lipinski definition) is 4. The zero-order valence-corrected chi connectivity index (χ0v) is 9.09. The van der Waals surface area contributed by atoms with Crippen molar-refractivity contribution in [2.45, 2.75) is 31.0 Å². The zero-order chi connectivity index (χ0) is 10.3. The summed E-state index contributed by atoms with van der Waals surface area (Å²) < 4.78 is 1.99. The first-order valence-electron chi connectivity index (χ1n) is 5.21. The van der Waals surface area contributed by atoms with Crippen molar-refractivity contribution in [2.24, 2.45) is 5.92 Å². The summed E-state index contributed by atoms with van der Waals surface area (Å²) >= 11 is 1.70. The van der Waals surface area contributed by atoms with E-state index in [9.17, 15) is 4.79 Å². The van der Waals surface area contributed by atoms with E-state index in [-0.39, 0.29) is 11.8 Å². The first kappa shape index (κ1) is 9.21. The molecule has 0 unspecified atom stereocenters. The Kier molecular flexibility index (Phi) is 2.16. The molecule has 1 aromatic heterocycles. The van der Waals surface area contributed by atoms with Gasteiger partial charge in [0.15, 0.2) is 5.16 Å². The quantitative estimate of drug-likeness (QED) is 0.818. The Morgan fingerprint density at radius 2 is 2.33 bits per heavy atom. The van der Waals surface area contributed by atoms with Crippen LogP contribution in [0.1, 0.15) is 19.3 Å². The molecule has 0 saturated heterocycles. The molecule has 6 heteroatoms. The van der Waals surface area contributed by atoms with Crippen molar-refractivity contribution in [3.63, 3.8) is 0 Å². The van der Waals surface area contributed by atoms with Crippen molar-refractivity contribution in [3.05, 3.63) is 0 Å². The Morgan fingerprint density at radius 3 is 3.13 bits per heavy atom. The molecule has 1 amide bonds. The first-order valence-corrected chi connectivity index (χ1v) is 6.20. The van der Waals surface area contributed by atoms with Gasteiger partial charge in [-0.2, -0.15) is 0 Å². The van der Waals surface area contributed by atoms with Crippen molar-refractivity contribution in [1.82, 2.24) is 14.8 Å². The lowest BCUT2D eigenvalue weighted by atomic mass is 10.4. The highest BCUT2D eigenvalue weighted by molar-refractivity contribution is 7.99. The van der Waals surface area contributed by atoms with E-state index in [1.165, 1.54) is 0 Å². The summed E-state index contributed by atoms with van der Waals surface area (Å²) in [5.41, 5.74) is 0. The fourth-order valence-corrected chi connectivity index (χ4v) is 2.52. The largest absolute Gasteiger partial charge is 0.294 e. The number of fused-ring (bicyclic) bond motifs is 1. The summed E-state index contributed by atoms with van der Waals surface area (Å²) in [5.74, 6) is 2.03. The molecule has 5 nitrogen and oxygen atoms in total. The Bertz CT molecular complexity index is 399. The van der Waals surface area contributed by atoms with Crippen LogP contribution in [-0.4, -0.2) is 26.4 Å². The van der Waals surface area contributed by atoms with Gasteiger partial charge < -0.3 is 0 Å². The van der Waals surface area contributed by atoms with E-state index < -0.39 is 0 Å². The van der Waals surface area contributed by atoms with Crippen LogP contribution < -0.4 is 5.32 Å². The number of rotatable bonds is 2. The van der Waals surface area contributed by atoms with E-state index >= 15 is 0 Å². The van der Waals surface area contributed by atoms with Gasteiger partial charge in [-0.15, -0.1) is 10.2 Å². The lowest BCUT2D eigenvalue weighted by Gasteiger charge is -2.13. The van der Waals surface area contributed by atoms with Crippen LogP contribution in [-0.2, 0) is 11.3 Å². The predicted octanol–water partition coefficient (Wildman–Crippen LogP) is 1.12. The highest BCUT2D eigenvalue weighted by atomic mass is 32.2. The standard InChI is InChI=1S/C9H12N4OS/c14-7(6-2-3-6)10-8-11-12-9-13(8)4-1-5-15-9/h6H,1-5H2,(H,10,11,14). The fourth-order valence-electron chi connectivity index (χ4n) is 1.63. The maximum Gasteiger partial charge on any atom is 0.231 e. The van der Waals surface area contributed by atoms with Crippen molar-refractivity contribution < 1.29 is 4.79 Å². The molecule has 1 aliphatic heterocycles. The van der Waals surface area contributed by atoms with E-state index in [2.05, 4.69) is 15.5 Å². The summed E-state index contributed by atoms with van der Waals surface area (Å²) in [4.78, 5) is 11.6. The van der Waals surface area contributed by atoms with E-state index in [1.807, 2.05) is 4.57 Å². The van der Waals surface area contributed by atoms with Crippen molar-refractivity contribution in [1.29, 1.82) is 0 Å². The predicted molar refractivity (Wildman–Crippen MR) is 56.7 cm³/mol. The normalized spacial score (nSPS) is 19.7. The SMILES string of the molecule is O=C(Nc1nnc2n1CCCS2)C1CC1. The van der Waals surface area contributed by atoms with Gasteiger partial charge in [0.05, 0.1) is 0 Å². The maximum atomic E-state index is 11.6. The molecule has 0 aromatic carbocycles. The van der Waals surface area contributed by atoms with Gasteiger partial charge in [0, 0.05) is 18.2 Å². The van der Waals surface area contributed by atoms with Crippen molar-refractivity contribution >= 4 is 23.6 Å². The van der Waals surface area contributed by atoms with Crippen molar-refractivity contribution in [2.75, 3.05) is 11.1 Å². The van der Waals surface area contributed by atoms with Gasteiger partial charge in [-0.1, -0.05) is 11.8 Å². The average molecular weight is 224 g/mol. The summed E-state index contributed by atoms with van der Waals surface area (Å²) in [6, 6.07) is 0. The van der Waals surface area contributed by atoms with Crippen LogP contribution in [0.2, 0.25) is 0 Å². The molecule has 1 fully saturated rings. The molecule has 2 heterocycles. The molecular formula is C9H12N4OS. The summed E-state index contributed by atoms with van der Waals surface area (Å²) in [5, 5.41) is 11.8. The second kappa shape index (κ2) is 3.52. The maximum absolute atomic E-state index is 11.6. The van der Waals surface area contributed by atoms with Crippen molar-refractivity contribution in [3.8, 4) is 0 Å². The number of hydrogen-bond donors (Lipinski definition) is 1. The molecule has 15 heavy (non-hydrogen) atoms. The molecule has 1 saturated carbocycles. The lowest BCUT2D eigenvalue weighted by Crippen LogP contribution is -2.18. The Balaban J connectivity index is 1.79. The van der Waals surface area contributed by atoms with Crippen LogP contribution >= 0.6 is 11.8 Å². The molecule has 1 aromatic rings. The van der Waals surface area contributed by atoms with Crippen LogP contribution in [0.15, 0.2) is 5.16 Å². The molecule has 80 valence electrons. The molecule has 0 radical (unpaired) electrons. The van der Waals surface area contributed by atoms with Gasteiger partial charge in [-0.05, 0) is 19.3 Å². The topological polar surface area (TPSA) is 59.8 Å². The molecule has 2 aliphatic rings. The number of carbonyl (C=O) groups excluding carboxylic acids is 1. The number of anilines is 1.